The predicted molar refractivity (Wildman–Crippen MR) is 101 cm³/mol. The summed E-state index contributed by atoms with van der Waals surface area (Å²) in [6, 6.07) is 18.1. The molecule has 0 aliphatic rings. The van der Waals surface area contributed by atoms with Crippen LogP contribution in [0.25, 0.3) is 5.69 Å². The van der Waals surface area contributed by atoms with Gasteiger partial charge in [0.05, 0.1) is 18.5 Å². The lowest BCUT2D eigenvalue weighted by molar-refractivity contribution is 0.318. The van der Waals surface area contributed by atoms with E-state index in [0.29, 0.717) is 5.15 Å². The topological polar surface area (TPSA) is 30.3 Å². The summed E-state index contributed by atoms with van der Waals surface area (Å²) in [5, 5.41) is 5.28. The van der Waals surface area contributed by atoms with Crippen LogP contribution in [0.4, 0.5) is 0 Å². The number of para-hydroxylation sites is 1. The average molecular weight is 356 g/mol. The number of hydrogen-bond acceptors (Lipinski definition) is 3. The molecule has 0 spiro atoms. The maximum Gasteiger partial charge on any atom is 0.137 e. The van der Waals surface area contributed by atoms with Crippen molar-refractivity contribution in [2.75, 3.05) is 14.2 Å². The van der Waals surface area contributed by atoms with Gasteiger partial charge in [-0.1, -0.05) is 41.9 Å². The molecule has 0 amide bonds. The SMILES string of the molecule is COc1ccc(CN(C)Cc2c(C)nn(-c3ccccc3)c2Cl)cc1. The van der Waals surface area contributed by atoms with Crippen molar-refractivity contribution in [3.05, 3.63) is 76.6 Å². The van der Waals surface area contributed by atoms with Crippen LogP contribution in [0.2, 0.25) is 5.15 Å². The molecule has 0 fully saturated rings. The van der Waals surface area contributed by atoms with Crippen LogP contribution in [-0.2, 0) is 13.1 Å². The summed E-state index contributed by atoms with van der Waals surface area (Å²) >= 11 is 6.61. The van der Waals surface area contributed by atoms with E-state index in [9.17, 15) is 0 Å². The fraction of sp³-hybridized carbons (Fsp3) is 0.250. The first kappa shape index (κ1) is 17.5. The van der Waals surface area contributed by atoms with E-state index in [-0.39, 0.29) is 0 Å². The van der Waals surface area contributed by atoms with Crippen molar-refractivity contribution in [1.82, 2.24) is 14.7 Å². The van der Waals surface area contributed by atoms with Crippen molar-refractivity contribution in [1.29, 1.82) is 0 Å². The van der Waals surface area contributed by atoms with Gasteiger partial charge in [-0.15, -0.1) is 0 Å². The van der Waals surface area contributed by atoms with E-state index in [1.165, 1.54) is 5.56 Å². The van der Waals surface area contributed by atoms with Gasteiger partial charge < -0.3 is 4.74 Å². The first-order valence-corrected chi connectivity index (χ1v) is 8.57. The Balaban J connectivity index is 1.75. The van der Waals surface area contributed by atoms with Gasteiger partial charge in [-0.05, 0) is 43.8 Å². The van der Waals surface area contributed by atoms with Crippen molar-refractivity contribution in [2.24, 2.45) is 0 Å². The summed E-state index contributed by atoms with van der Waals surface area (Å²) in [7, 11) is 3.76. The van der Waals surface area contributed by atoms with E-state index >= 15 is 0 Å². The number of methoxy groups -OCH3 is 1. The van der Waals surface area contributed by atoms with Crippen LogP contribution in [0.1, 0.15) is 16.8 Å². The zero-order valence-electron chi connectivity index (χ0n) is 14.7. The summed E-state index contributed by atoms with van der Waals surface area (Å²) in [5.74, 6) is 0.870. The van der Waals surface area contributed by atoms with Crippen LogP contribution in [0.15, 0.2) is 54.6 Å². The number of benzene rings is 2. The Labute approximate surface area is 153 Å². The molecule has 0 saturated heterocycles. The molecule has 0 atom stereocenters. The van der Waals surface area contributed by atoms with Crippen LogP contribution in [0.5, 0.6) is 5.75 Å². The highest BCUT2D eigenvalue weighted by Crippen LogP contribution is 2.25. The van der Waals surface area contributed by atoms with Gasteiger partial charge in [0.2, 0.25) is 0 Å². The minimum atomic E-state index is 0.672. The molecular weight excluding hydrogens is 334 g/mol. The number of ether oxygens (including phenoxy) is 1. The largest absolute Gasteiger partial charge is 0.497 e. The molecule has 2 aromatic carbocycles. The monoisotopic (exact) mass is 355 g/mol. The second-order valence-corrected chi connectivity index (χ2v) is 6.48. The third-order valence-electron chi connectivity index (χ3n) is 4.16. The van der Waals surface area contributed by atoms with E-state index in [1.54, 1.807) is 11.8 Å². The Morgan fingerprint density at radius 3 is 2.36 bits per heavy atom. The minimum absolute atomic E-state index is 0.672. The Hall–Kier alpha value is -2.30. The number of hydrogen-bond donors (Lipinski definition) is 0. The quantitative estimate of drug-likeness (QED) is 0.653. The van der Waals surface area contributed by atoms with Crippen molar-refractivity contribution in [2.45, 2.75) is 20.0 Å². The summed E-state index contributed by atoms with van der Waals surface area (Å²) in [6.45, 7) is 3.57. The lowest BCUT2D eigenvalue weighted by Gasteiger charge is -2.17. The Morgan fingerprint density at radius 2 is 1.72 bits per heavy atom. The van der Waals surface area contributed by atoms with E-state index in [2.05, 4.69) is 29.2 Å². The highest BCUT2D eigenvalue weighted by Gasteiger charge is 2.16. The second-order valence-electron chi connectivity index (χ2n) is 6.12. The van der Waals surface area contributed by atoms with Crippen molar-refractivity contribution < 1.29 is 4.74 Å². The molecule has 0 aliphatic carbocycles. The number of aryl methyl sites for hydroxylation is 1. The molecule has 0 unspecified atom stereocenters. The average Bonchev–Trinajstić information content (AvgIpc) is 2.91. The Bertz CT molecular complexity index is 828. The van der Waals surface area contributed by atoms with Gasteiger partial charge in [0.15, 0.2) is 0 Å². The van der Waals surface area contributed by atoms with Crippen molar-refractivity contribution in [3.8, 4) is 11.4 Å². The normalized spacial score (nSPS) is 11.1. The molecule has 0 N–H and O–H groups in total. The molecule has 3 rings (SSSR count). The van der Waals surface area contributed by atoms with E-state index in [1.807, 2.05) is 49.4 Å². The Morgan fingerprint density at radius 1 is 1.04 bits per heavy atom. The number of aromatic nitrogens is 2. The number of nitrogens with zero attached hydrogens (tertiary/aromatic N) is 3. The molecule has 3 aromatic rings. The van der Waals surface area contributed by atoms with Gasteiger partial charge >= 0.3 is 0 Å². The molecule has 25 heavy (non-hydrogen) atoms. The summed E-state index contributed by atoms with van der Waals surface area (Å²) in [6.07, 6.45) is 0. The molecule has 1 heterocycles. The summed E-state index contributed by atoms with van der Waals surface area (Å²) in [4.78, 5) is 2.23. The molecule has 0 saturated carbocycles. The standard InChI is InChI=1S/C20H22ClN3O/c1-15-19(20(21)24(22-15)17-7-5-4-6-8-17)14-23(2)13-16-9-11-18(25-3)12-10-16/h4-12H,13-14H2,1-3H3. The molecule has 0 radical (unpaired) electrons. The van der Waals surface area contributed by atoms with E-state index in [0.717, 1.165) is 35.8 Å². The van der Waals surface area contributed by atoms with Gasteiger partial charge in [-0.2, -0.15) is 5.10 Å². The van der Waals surface area contributed by atoms with E-state index < -0.39 is 0 Å². The highest BCUT2D eigenvalue weighted by molar-refractivity contribution is 6.30. The fourth-order valence-corrected chi connectivity index (χ4v) is 3.15. The first-order valence-electron chi connectivity index (χ1n) is 8.19. The zero-order chi connectivity index (χ0) is 17.8. The number of rotatable bonds is 6. The van der Waals surface area contributed by atoms with Gasteiger partial charge in [0, 0.05) is 18.7 Å². The second kappa shape index (κ2) is 7.72. The molecule has 0 aliphatic heterocycles. The van der Waals surface area contributed by atoms with Crippen LogP contribution >= 0.6 is 11.6 Å². The summed E-state index contributed by atoms with van der Waals surface area (Å²) in [5.41, 5.74) is 4.21. The molecule has 1 aromatic heterocycles. The zero-order valence-corrected chi connectivity index (χ0v) is 15.5. The van der Waals surface area contributed by atoms with Gasteiger partial charge in [-0.25, -0.2) is 4.68 Å². The third kappa shape index (κ3) is 4.03. The molecule has 130 valence electrons. The third-order valence-corrected chi connectivity index (χ3v) is 4.55. The molecule has 5 heteroatoms. The first-order chi connectivity index (χ1) is 12.1. The van der Waals surface area contributed by atoms with Crippen LogP contribution in [0, 0.1) is 6.92 Å². The van der Waals surface area contributed by atoms with Crippen LogP contribution in [0.3, 0.4) is 0 Å². The van der Waals surface area contributed by atoms with Gasteiger partial charge in [0.1, 0.15) is 10.9 Å². The van der Waals surface area contributed by atoms with Crippen molar-refractivity contribution >= 4 is 11.6 Å². The van der Waals surface area contributed by atoms with Gasteiger partial charge in [0.25, 0.3) is 0 Å². The minimum Gasteiger partial charge on any atom is -0.497 e. The molecule has 0 bridgehead atoms. The maximum atomic E-state index is 6.61. The molecule has 4 nitrogen and oxygen atoms in total. The fourth-order valence-electron chi connectivity index (χ4n) is 2.82. The lowest BCUT2D eigenvalue weighted by Crippen LogP contribution is -2.17. The van der Waals surface area contributed by atoms with Crippen molar-refractivity contribution in [3.63, 3.8) is 0 Å². The van der Waals surface area contributed by atoms with Gasteiger partial charge in [-0.3, -0.25) is 4.90 Å². The van der Waals surface area contributed by atoms with Crippen LogP contribution in [-0.4, -0.2) is 28.8 Å². The summed E-state index contributed by atoms with van der Waals surface area (Å²) < 4.78 is 7.00. The Kier molecular flexibility index (Phi) is 5.41. The molecular formula is C20H22ClN3O. The van der Waals surface area contributed by atoms with E-state index in [4.69, 9.17) is 16.3 Å². The predicted octanol–water partition coefficient (Wildman–Crippen LogP) is 4.47. The smallest absolute Gasteiger partial charge is 0.137 e. The van der Waals surface area contributed by atoms with Crippen LogP contribution < -0.4 is 4.74 Å². The number of halogens is 1. The maximum absolute atomic E-state index is 6.61. The highest BCUT2D eigenvalue weighted by atomic mass is 35.5. The lowest BCUT2D eigenvalue weighted by atomic mass is 10.2.